The molecule has 37 heavy (non-hydrogen) atoms. The van der Waals surface area contributed by atoms with Crippen LogP contribution in [0.1, 0.15) is 5.69 Å². The topological polar surface area (TPSA) is 180 Å². The molecule has 1 aromatic carbocycles. The number of amides is 4. The van der Waals surface area contributed by atoms with Crippen LogP contribution >= 0.6 is 0 Å². The number of imide groups is 1. The number of ether oxygens (including phenoxy) is 3. The summed E-state index contributed by atoms with van der Waals surface area (Å²) in [5.41, 5.74) is 0.895. The van der Waals surface area contributed by atoms with Gasteiger partial charge in [-0.25, -0.2) is 9.48 Å². The van der Waals surface area contributed by atoms with Crippen molar-refractivity contribution in [1.29, 1.82) is 0 Å². The summed E-state index contributed by atoms with van der Waals surface area (Å²) < 4.78 is 17.8. The predicted octanol–water partition coefficient (Wildman–Crippen LogP) is 0.483. The highest BCUT2D eigenvalue weighted by atomic mass is 16.6. The van der Waals surface area contributed by atoms with Crippen molar-refractivity contribution in [2.75, 3.05) is 51.5 Å². The molecule has 1 aromatic heterocycles. The van der Waals surface area contributed by atoms with E-state index in [1.54, 1.807) is 10.9 Å². The number of anilines is 1. The minimum atomic E-state index is -0.513. The van der Waals surface area contributed by atoms with Crippen molar-refractivity contribution in [3.05, 3.63) is 58.4 Å². The van der Waals surface area contributed by atoms with Crippen LogP contribution < -0.4 is 10.6 Å². The van der Waals surface area contributed by atoms with Gasteiger partial charge in [0.1, 0.15) is 5.69 Å². The molecule has 3 rings (SSSR count). The van der Waals surface area contributed by atoms with Crippen molar-refractivity contribution in [1.82, 2.24) is 25.2 Å². The summed E-state index contributed by atoms with van der Waals surface area (Å²) in [5, 5.41) is 23.7. The molecule has 0 fully saturated rings. The number of aromatic nitrogens is 3. The van der Waals surface area contributed by atoms with Gasteiger partial charge in [-0.1, -0.05) is 5.21 Å². The van der Waals surface area contributed by atoms with Crippen molar-refractivity contribution in [2.45, 2.75) is 13.1 Å². The highest BCUT2D eigenvalue weighted by Gasteiger charge is 2.24. The molecule has 0 unspecified atom stereocenters. The Morgan fingerprint density at radius 1 is 0.946 bits per heavy atom. The fourth-order valence-corrected chi connectivity index (χ4v) is 3.05. The van der Waals surface area contributed by atoms with Gasteiger partial charge in [0.05, 0.1) is 63.9 Å². The minimum absolute atomic E-state index is 0.0548. The lowest BCUT2D eigenvalue weighted by atomic mass is 10.3. The van der Waals surface area contributed by atoms with E-state index < -0.39 is 11.0 Å². The van der Waals surface area contributed by atoms with Crippen LogP contribution in [0, 0.1) is 10.1 Å². The van der Waals surface area contributed by atoms with Gasteiger partial charge in [0.15, 0.2) is 0 Å². The Balaban J connectivity index is 1.12. The number of non-ortho nitro benzene ring substituents is 1. The Kier molecular flexibility index (Phi) is 10.6. The Morgan fingerprint density at radius 2 is 1.57 bits per heavy atom. The average Bonchev–Trinajstić information content (AvgIpc) is 3.46. The molecule has 0 bridgehead atoms. The van der Waals surface area contributed by atoms with Crippen molar-refractivity contribution in [2.24, 2.45) is 0 Å². The van der Waals surface area contributed by atoms with Crippen molar-refractivity contribution < 1.29 is 33.5 Å². The van der Waals surface area contributed by atoms with E-state index in [4.69, 9.17) is 14.2 Å². The smallest absolute Gasteiger partial charge is 0.319 e. The van der Waals surface area contributed by atoms with Crippen LogP contribution in [0.25, 0.3) is 0 Å². The largest absolute Gasteiger partial charge is 0.377 e. The number of hydrogen-bond acceptors (Lipinski definition) is 10. The maximum atomic E-state index is 11.8. The number of nitrogens with one attached hydrogen (secondary N) is 2. The molecule has 4 amide bonds. The molecule has 198 valence electrons. The minimum Gasteiger partial charge on any atom is -0.377 e. The molecule has 0 atom stereocenters. The van der Waals surface area contributed by atoms with Crippen molar-refractivity contribution in [3.63, 3.8) is 0 Å². The third-order valence-electron chi connectivity index (χ3n) is 4.88. The molecule has 1 aliphatic heterocycles. The van der Waals surface area contributed by atoms with Gasteiger partial charge in [-0.15, -0.1) is 5.10 Å². The first-order valence-corrected chi connectivity index (χ1v) is 11.4. The molecule has 1 aliphatic rings. The van der Waals surface area contributed by atoms with Crippen LogP contribution in [0.3, 0.4) is 0 Å². The van der Waals surface area contributed by atoms with Gasteiger partial charge in [-0.3, -0.25) is 24.6 Å². The zero-order chi connectivity index (χ0) is 26.5. The number of carbonyl (C=O) groups excluding carboxylic acids is 3. The highest BCUT2D eigenvalue weighted by molar-refractivity contribution is 6.12. The normalized spacial score (nSPS) is 12.8. The predicted molar refractivity (Wildman–Crippen MR) is 127 cm³/mol. The standard InChI is InChI=1S/C22H27N7O8/c30-20-5-6-21(31)28(20)16-18-15-27(26-25-18)8-10-36-12-14-37-13-11-35-9-7-23-22(32)24-17-1-3-19(4-2-17)29(33)34/h1-6,15H,7-14,16H2,(H2,23,24,32). The van der Waals surface area contributed by atoms with Crippen LogP contribution in [0.2, 0.25) is 0 Å². The van der Waals surface area contributed by atoms with E-state index in [1.807, 2.05) is 0 Å². The molecule has 0 radical (unpaired) electrons. The fourth-order valence-electron chi connectivity index (χ4n) is 3.05. The van der Waals surface area contributed by atoms with Gasteiger partial charge < -0.3 is 24.8 Å². The molecule has 0 aliphatic carbocycles. The summed E-state index contributed by atoms with van der Waals surface area (Å²) in [4.78, 5) is 46.1. The molecule has 0 spiro atoms. The Hall–Kier alpha value is -4.21. The number of nitro groups is 1. The van der Waals surface area contributed by atoms with E-state index >= 15 is 0 Å². The monoisotopic (exact) mass is 517 g/mol. The third kappa shape index (κ3) is 9.40. The van der Waals surface area contributed by atoms with E-state index in [0.717, 1.165) is 4.90 Å². The number of rotatable bonds is 16. The number of nitrogens with zero attached hydrogens (tertiary/aromatic N) is 5. The number of hydrogen-bond donors (Lipinski definition) is 2. The first kappa shape index (κ1) is 27.4. The second-order valence-electron chi connectivity index (χ2n) is 7.59. The Labute approximate surface area is 211 Å². The summed E-state index contributed by atoms with van der Waals surface area (Å²) >= 11 is 0. The molecule has 2 heterocycles. The number of nitro benzene ring substituents is 1. The van der Waals surface area contributed by atoms with Crippen molar-refractivity contribution >= 4 is 29.2 Å². The summed E-state index contributed by atoms with van der Waals surface area (Å²) in [7, 11) is 0. The summed E-state index contributed by atoms with van der Waals surface area (Å²) in [6.07, 6.45) is 4.10. The lowest BCUT2D eigenvalue weighted by Gasteiger charge is -2.10. The van der Waals surface area contributed by atoms with E-state index in [1.165, 1.54) is 36.4 Å². The zero-order valence-electron chi connectivity index (χ0n) is 19.9. The lowest BCUT2D eigenvalue weighted by Crippen LogP contribution is -2.31. The molecule has 0 saturated carbocycles. The van der Waals surface area contributed by atoms with Gasteiger partial charge in [-0.2, -0.15) is 0 Å². The number of benzene rings is 1. The maximum Gasteiger partial charge on any atom is 0.319 e. The van der Waals surface area contributed by atoms with Gasteiger partial charge in [0, 0.05) is 36.5 Å². The quantitative estimate of drug-likeness (QED) is 0.138. The Bertz CT molecular complexity index is 1080. The van der Waals surface area contributed by atoms with Gasteiger partial charge >= 0.3 is 6.03 Å². The van der Waals surface area contributed by atoms with E-state index in [9.17, 15) is 24.5 Å². The molecule has 15 nitrogen and oxygen atoms in total. The van der Waals surface area contributed by atoms with Crippen LogP contribution in [0.15, 0.2) is 42.6 Å². The number of carbonyl (C=O) groups is 3. The number of urea groups is 1. The highest BCUT2D eigenvalue weighted by Crippen LogP contribution is 2.15. The summed E-state index contributed by atoms with van der Waals surface area (Å²) in [5.74, 6) is -0.733. The average molecular weight is 517 g/mol. The molecular formula is C22H27N7O8. The van der Waals surface area contributed by atoms with Crippen molar-refractivity contribution in [3.8, 4) is 0 Å². The third-order valence-corrected chi connectivity index (χ3v) is 4.88. The molecule has 2 aromatic rings. The SMILES string of the molecule is O=C(NCCOCCOCCOCCn1cc(CN2C(=O)C=CC2=O)nn1)Nc1ccc([N+](=O)[O-])cc1. The molecule has 15 heteroatoms. The second kappa shape index (κ2) is 14.4. The van der Waals surface area contributed by atoms with Crippen LogP contribution in [0.5, 0.6) is 0 Å². The van der Waals surface area contributed by atoms with E-state index in [0.29, 0.717) is 57.6 Å². The van der Waals surface area contributed by atoms with Gasteiger partial charge in [0.2, 0.25) is 0 Å². The Morgan fingerprint density at radius 3 is 2.22 bits per heavy atom. The van der Waals surface area contributed by atoms with E-state index in [2.05, 4.69) is 20.9 Å². The second-order valence-corrected chi connectivity index (χ2v) is 7.59. The summed E-state index contributed by atoms with van der Waals surface area (Å²) in [6.45, 7) is 2.99. The van der Waals surface area contributed by atoms with Gasteiger partial charge in [0.25, 0.3) is 17.5 Å². The lowest BCUT2D eigenvalue weighted by molar-refractivity contribution is -0.384. The maximum absolute atomic E-state index is 11.8. The van der Waals surface area contributed by atoms with E-state index in [-0.39, 0.29) is 30.6 Å². The first-order chi connectivity index (χ1) is 17.9. The zero-order valence-corrected chi connectivity index (χ0v) is 19.9. The van der Waals surface area contributed by atoms with Gasteiger partial charge in [-0.05, 0) is 12.1 Å². The fraction of sp³-hybridized carbons (Fsp3) is 0.409. The van der Waals surface area contributed by atoms with Crippen LogP contribution in [-0.4, -0.2) is 88.8 Å². The van der Waals surface area contributed by atoms with Crippen LogP contribution in [-0.2, 0) is 36.9 Å². The van der Waals surface area contributed by atoms with Crippen LogP contribution in [0.4, 0.5) is 16.2 Å². The molecule has 0 saturated heterocycles. The first-order valence-electron chi connectivity index (χ1n) is 11.4. The molecular weight excluding hydrogens is 490 g/mol. The summed E-state index contributed by atoms with van der Waals surface area (Å²) in [6, 6.07) is 5.06. The molecule has 2 N–H and O–H groups in total.